The molecule has 1 aliphatic rings. The number of halogens is 1. The predicted octanol–water partition coefficient (Wildman–Crippen LogP) is 1.76. The first kappa shape index (κ1) is 7.11. The van der Waals surface area contributed by atoms with Gasteiger partial charge in [-0.3, -0.25) is 0 Å². The zero-order chi connectivity index (χ0) is 7.68. The largest absolute Gasteiger partial charge is 0.0763 e. The van der Waals surface area contributed by atoms with E-state index in [4.69, 9.17) is 0 Å². The molecule has 0 amide bonds. The van der Waals surface area contributed by atoms with E-state index in [1.165, 1.54) is 14.9 Å². The molecular formula is C10H9Br. The van der Waals surface area contributed by atoms with Crippen LogP contribution in [0.5, 0.6) is 0 Å². The Hall–Kier alpha value is -0.560. The maximum absolute atomic E-state index is 3.58. The minimum Gasteiger partial charge on any atom is -0.0763 e. The summed E-state index contributed by atoms with van der Waals surface area (Å²) in [5.41, 5.74) is 0. The lowest BCUT2D eigenvalue weighted by atomic mass is 10.1. The average Bonchev–Trinajstić information content (AvgIpc) is 2.06. The van der Waals surface area contributed by atoms with Gasteiger partial charge in [0, 0.05) is 4.48 Å². The van der Waals surface area contributed by atoms with Gasteiger partial charge in [-0.2, -0.15) is 0 Å². The van der Waals surface area contributed by atoms with Gasteiger partial charge in [0.1, 0.15) is 0 Å². The highest BCUT2D eigenvalue weighted by Crippen LogP contribution is 2.13. The predicted molar refractivity (Wildman–Crippen MR) is 51.7 cm³/mol. The Kier molecular flexibility index (Phi) is 1.82. The van der Waals surface area contributed by atoms with Crippen molar-refractivity contribution in [3.63, 3.8) is 0 Å². The Morgan fingerprint density at radius 2 is 2.00 bits per heavy atom. The topological polar surface area (TPSA) is 0 Å². The van der Waals surface area contributed by atoms with Crippen molar-refractivity contribution < 1.29 is 0 Å². The fourth-order valence-electron chi connectivity index (χ4n) is 1.41. The Labute approximate surface area is 74.4 Å². The minimum atomic E-state index is 1.15. The maximum Gasteiger partial charge on any atom is 0.00320 e. The first-order chi connectivity index (χ1) is 5.38. The second kappa shape index (κ2) is 2.82. The van der Waals surface area contributed by atoms with E-state index in [1.54, 1.807) is 0 Å². The van der Waals surface area contributed by atoms with Crippen molar-refractivity contribution in [1.82, 2.24) is 0 Å². The molecule has 0 N–H and O–H groups in total. The third-order valence-electron chi connectivity index (χ3n) is 1.98. The molecule has 1 aromatic rings. The van der Waals surface area contributed by atoms with Crippen molar-refractivity contribution in [1.29, 1.82) is 0 Å². The normalized spacial score (nSPS) is 15.5. The molecule has 0 unspecified atom stereocenters. The van der Waals surface area contributed by atoms with Crippen molar-refractivity contribution in [3.05, 3.63) is 34.7 Å². The van der Waals surface area contributed by atoms with Gasteiger partial charge in [0.2, 0.25) is 0 Å². The first-order valence-corrected chi connectivity index (χ1v) is 4.61. The molecule has 0 saturated heterocycles. The number of hydrogen-bond donors (Lipinski definition) is 0. The fraction of sp³-hybridized carbons (Fsp3) is 0.200. The van der Waals surface area contributed by atoms with Crippen LogP contribution in [0.15, 0.2) is 24.3 Å². The van der Waals surface area contributed by atoms with E-state index in [-0.39, 0.29) is 0 Å². The van der Waals surface area contributed by atoms with Gasteiger partial charge in [-0.05, 0) is 23.3 Å². The second-order valence-corrected chi connectivity index (χ2v) is 3.69. The van der Waals surface area contributed by atoms with Gasteiger partial charge < -0.3 is 0 Å². The van der Waals surface area contributed by atoms with Crippen LogP contribution in [0.25, 0.3) is 10.6 Å². The quantitative estimate of drug-likeness (QED) is 0.610. The Morgan fingerprint density at radius 3 is 2.82 bits per heavy atom. The van der Waals surface area contributed by atoms with Crippen LogP contribution >= 0.6 is 15.9 Å². The summed E-state index contributed by atoms with van der Waals surface area (Å²) in [5, 5.41) is 2.73. The van der Waals surface area contributed by atoms with E-state index in [0.29, 0.717) is 0 Å². The summed E-state index contributed by atoms with van der Waals surface area (Å²) in [6.07, 6.45) is 4.61. The van der Waals surface area contributed by atoms with Crippen molar-refractivity contribution in [3.8, 4) is 0 Å². The molecule has 0 radical (unpaired) electrons. The average molecular weight is 209 g/mol. The Morgan fingerprint density at radius 1 is 1.18 bits per heavy atom. The summed E-state index contributed by atoms with van der Waals surface area (Å²) >= 11 is 3.58. The summed E-state index contributed by atoms with van der Waals surface area (Å²) in [7, 11) is 0. The van der Waals surface area contributed by atoms with Gasteiger partial charge in [0.25, 0.3) is 0 Å². The van der Waals surface area contributed by atoms with Crippen molar-refractivity contribution in [2.75, 3.05) is 0 Å². The van der Waals surface area contributed by atoms with Gasteiger partial charge in [0.15, 0.2) is 0 Å². The lowest BCUT2D eigenvalue weighted by Gasteiger charge is -2.02. The Balaban J connectivity index is 2.89. The highest BCUT2D eigenvalue weighted by Gasteiger charge is 1.98. The van der Waals surface area contributed by atoms with Gasteiger partial charge >= 0.3 is 0 Å². The third kappa shape index (κ3) is 1.25. The highest BCUT2D eigenvalue weighted by atomic mass is 79.9. The van der Waals surface area contributed by atoms with Crippen molar-refractivity contribution in [2.45, 2.75) is 12.8 Å². The standard InChI is InChI=1S/C10H9Br/c11-10-7-3-5-8-4-1-2-6-9(8)10/h1-2,4-6H,3,7H2. The number of hydrogen-bond acceptors (Lipinski definition) is 0. The van der Waals surface area contributed by atoms with Crippen LogP contribution in [-0.2, 0) is 0 Å². The number of rotatable bonds is 0. The zero-order valence-electron chi connectivity index (χ0n) is 6.18. The monoisotopic (exact) mass is 208 g/mol. The molecule has 0 fully saturated rings. The summed E-state index contributed by atoms with van der Waals surface area (Å²) in [5.74, 6) is 0. The maximum atomic E-state index is 3.58. The molecule has 0 saturated carbocycles. The molecule has 0 heterocycles. The number of benzene rings is 1. The van der Waals surface area contributed by atoms with E-state index in [0.717, 1.165) is 12.8 Å². The molecule has 0 nitrogen and oxygen atoms in total. The summed E-state index contributed by atoms with van der Waals surface area (Å²) in [6.45, 7) is 0. The molecule has 1 aliphatic carbocycles. The minimum absolute atomic E-state index is 1.15. The Bertz CT molecular complexity index is 376. The first-order valence-electron chi connectivity index (χ1n) is 3.82. The summed E-state index contributed by atoms with van der Waals surface area (Å²) < 4.78 is 1.34. The summed E-state index contributed by atoms with van der Waals surface area (Å²) in [4.78, 5) is 0. The molecular weight excluding hydrogens is 200 g/mol. The van der Waals surface area contributed by atoms with Gasteiger partial charge in [-0.1, -0.05) is 46.3 Å². The van der Waals surface area contributed by atoms with Gasteiger partial charge in [0.05, 0.1) is 0 Å². The van der Waals surface area contributed by atoms with Crippen LogP contribution in [0.1, 0.15) is 12.8 Å². The van der Waals surface area contributed by atoms with Crippen LogP contribution in [0.3, 0.4) is 0 Å². The smallest absolute Gasteiger partial charge is 0.00320 e. The van der Waals surface area contributed by atoms with Crippen LogP contribution in [0, 0.1) is 0 Å². The van der Waals surface area contributed by atoms with Gasteiger partial charge in [-0.25, -0.2) is 0 Å². The number of fused-ring (bicyclic) bond motifs is 1. The highest BCUT2D eigenvalue weighted by molar-refractivity contribution is 9.14. The van der Waals surface area contributed by atoms with Gasteiger partial charge in [-0.15, -0.1) is 0 Å². The lowest BCUT2D eigenvalue weighted by molar-refractivity contribution is 1.11. The molecule has 0 bridgehead atoms. The van der Waals surface area contributed by atoms with Crippen LogP contribution in [0.2, 0.25) is 0 Å². The fourth-order valence-corrected chi connectivity index (χ4v) is 2.00. The van der Waals surface area contributed by atoms with Crippen LogP contribution in [-0.4, -0.2) is 0 Å². The molecule has 56 valence electrons. The molecule has 0 aliphatic heterocycles. The lowest BCUT2D eigenvalue weighted by Crippen LogP contribution is -2.27. The molecule has 11 heavy (non-hydrogen) atoms. The van der Waals surface area contributed by atoms with Crippen LogP contribution in [0.4, 0.5) is 0 Å². The van der Waals surface area contributed by atoms with E-state index < -0.39 is 0 Å². The zero-order valence-corrected chi connectivity index (χ0v) is 7.76. The SMILES string of the molecule is BrC1=c2ccccc2=CCC1. The van der Waals surface area contributed by atoms with E-state index in [9.17, 15) is 0 Å². The molecule has 1 heteroatoms. The van der Waals surface area contributed by atoms with E-state index in [1.807, 2.05) is 0 Å². The van der Waals surface area contributed by atoms with Crippen LogP contribution < -0.4 is 10.4 Å². The second-order valence-electron chi connectivity index (χ2n) is 2.73. The molecule has 0 aromatic heterocycles. The van der Waals surface area contributed by atoms with Crippen molar-refractivity contribution in [2.24, 2.45) is 0 Å². The molecule has 0 spiro atoms. The summed E-state index contributed by atoms with van der Waals surface area (Å²) in [6, 6.07) is 8.49. The molecule has 2 rings (SSSR count). The molecule has 1 aromatic carbocycles. The van der Waals surface area contributed by atoms with E-state index >= 15 is 0 Å². The third-order valence-corrected chi connectivity index (χ3v) is 2.80. The van der Waals surface area contributed by atoms with E-state index in [2.05, 4.69) is 46.3 Å². The molecule has 0 atom stereocenters. The van der Waals surface area contributed by atoms with Crippen molar-refractivity contribution >= 4 is 26.5 Å².